The van der Waals surface area contributed by atoms with Crippen molar-refractivity contribution in [2.24, 2.45) is 0 Å². The predicted molar refractivity (Wildman–Crippen MR) is 83.4 cm³/mol. The highest BCUT2D eigenvalue weighted by Crippen LogP contribution is 2.16. The Labute approximate surface area is 124 Å². The maximum absolute atomic E-state index is 12.2. The zero-order valence-corrected chi connectivity index (χ0v) is 11.9. The quantitative estimate of drug-likeness (QED) is 0.689. The Morgan fingerprint density at radius 3 is 2.43 bits per heavy atom. The maximum Gasteiger partial charge on any atom is 0.339 e. The average Bonchev–Trinajstić information content (AvgIpc) is 2.54. The van der Waals surface area contributed by atoms with E-state index in [4.69, 9.17) is 4.74 Å². The molecule has 0 aliphatic carbocycles. The molecular weight excluding hydrogens is 265 g/mol. The number of nitrogens with one attached hydrogen (secondary N) is 1. The molecule has 0 atom stereocenters. The second-order valence-electron chi connectivity index (χ2n) is 4.41. The van der Waals surface area contributed by atoms with E-state index in [9.17, 15) is 9.59 Å². The van der Waals surface area contributed by atoms with Gasteiger partial charge in [0.2, 0.25) is 0 Å². The average molecular weight is 280 g/mol. The van der Waals surface area contributed by atoms with Gasteiger partial charge in [0.1, 0.15) is 7.28 Å². The van der Waals surface area contributed by atoms with Gasteiger partial charge in [-0.05, 0) is 24.3 Å². The van der Waals surface area contributed by atoms with Crippen molar-refractivity contribution < 1.29 is 14.3 Å². The summed E-state index contributed by atoms with van der Waals surface area (Å²) in [5.41, 5.74) is 2.20. The molecule has 2 rings (SSSR count). The lowest BCUT2D eigenvalue weighted by atomic mass is 9.73. The number of benzene rings is 2. The van der Waals surface area contributed by atoms with Crippen molar-refractivity contribution in [3.05, 3.63) is 59.7 Å². The Bertz CT molecular complexity index is 656. The molecule has 0 unspecified atom stereocenters. The molecule has 2 aromatic rings. The Hall–Kier alpha value is -2.56. The number of rotatable bonds is 4. The van der Waals surface area contributed by atoms with Crippen LogP contribution in [0.2, 0.25) is 6.82 Å². The molecule has 0 aliphatic rings. The Kier molecular flexibility index (Phi) is 4.77. The van der Waals surface area contributed by atoms with Crippen LogP contribution in [0.4, 0.5) is 5.69 Å². The SMILES string of the molecule is C[B]c1ccc(C(=O)OC)c(NC(=O)c2ccccc2)c1. The molecule has 0 heterocycles. The van der Waals surface area contributed by atoms with Gasteiger partial charge in [0, 0.05) is 5.56 Å². The molecule has 0 saturated carbocycles. The molecule has 0 saturated heterocycles. The third-order valence-electron chi connectivity index (χ3n) is 3.07. The van der Waals surface area contributed by atoms with Crippen molar-refractivity contribution in [2.45, 2.75) is 6.82 Å². The molecule has 105 valence electrons. The van der Waals surface area contributed by atoms with Crippen LogP contribution in [0.15, 0.2) is 48.5 Å². The number of hydrogen-bond acceptors (Lipinski definition) is 3. The van der Waals surface area contributed by atoms with E-state index in [1.54, 1.807) is 42.5 Å². The van der Waals surface area contributed by atoms with Crippen molar-refractivity contribution in [3.8, 4) is 0 Å². The van der Waals surface area contributed by atoms with Crippen molar-refractivity contribution in [2.75, 3.05) is 12.4 Å². The van der Waals surface area contributed by atoms with Crippen LogP contribution < -0.4 is 10.8 Å². The summed E-state index contributed by atoms with van der Waals surface area (Å²) in [5.74, 6) is -0.755. The normalized spacial score (nSPS) is 9.81. The monoisotopic (exact) mass is 280 g/mol. The van der Waals surface area contributed by atoms with E-state index in [0.717, 1.165) is 5.46 Å². The van der Waals surface area contributed by atoms with Gasteiger partial charge in [-0.15, -0.1) is 0 Å². The summed E-state index contributed by atoms with van der Waals surface area (Å²) < 4.78 is 4.74. The van der Waals surface area contributed by atoms with Gasteiger partial charge >= 0.3 is 5.97 Å². The van der Waals surface area contributed by atoms with E-state index in [2.05, 4.69) is 5.32 Å². The first-order valence-corrected chi connectivity index (χ1v) is 6.54. The Morgan fingerprint density at radius 2 is 1.81 bits per heavy atom. The highest BCUT2D eigenvalue weighted by Gasteiger charge is 2.15. The zero-order chi connectivity index (χ0) is 15.2. The van der Waals surface area contributed by atoms with Gasteiger partial charge in [-0.1, -0.05) is 36.6 Å². The second-order valence-corrected chi connectivity index (χ2v) is 4.41. The van der Waals surface area contributed by atoms with Gasteiger partial charge in [-0.2, -0.15) is 0 Å². The van der Waals surface area contributed by atoms with Crippen LogP contribution in [0.3, 0.4) is 0 Å². The number of methoxy groups -OCH3 is 1. The van der Waals surface area contributed by atoms with Gasteiger partial charge in [-0.25, -0.2) is 4.79 Å². The molecule has 1 amide bonds. The van der Waals surface area contributed by atoms with Crippen LogP contribution in [0.25, 0.3) is 0 Å². The molecule has 21 heavy (non-hydrogen) atoms. The summed E-state index contributed by atoms with van der Waals surface area (Å²) in [6.45, 7) is 1.88. The van der Waals surface area contributed by atoms with E-state index in [0.29, 0.717) is 16.8 Å². The number of esters is 1. The molecule has 5 heteroatoms. The molecular formula is C16H15BNO3. The fraction of sp³-hybridized carbons (Fsp3) is 0.125. The van der Waals surface area contributed by atoms with E-state index in [1.165, 1.54) is 7.11 Å². The summed E-state index contributed by atoms with van der Waals surface area (Å²) in [6.07, 6.45) is 0. The minimum atomic E-state index is -0.485. The molecule has 0 bridgehead atoms. The van der Waals surface area contributed by atoms with Gasteiger partial charge in [0.25, 0.3) is 5.91 Å². The van der Waals surface area contributed by atoms with Crippen LogP contribution in [0.1, 0.15) is 20.7 Å². The first-order chi connectivity index (χ1) is 10.2. The minimum Gasteiger partial charge on any atom is -0.465 e. The number of hydrogen-bond donors (Lipinski definition) is 1. The van der Waals surface area contributed by atoms with Crippen LogP contribution >= 0.6 is 0 Å². The predicted octanol–water partition coefficient (Wildman–Crippen LogP) is 2.10. The highest BCUT2D eigenvalue weighted by molar-refractivity contribution is 6.52. The van der Waals surface area contributed by atoms with Gasteiger partial charge < -0.3 is 10.1 Å². The summed E-state index contributed by atoms with van der Waals surface area (Å²) in [4.78, 5) is 24.0. The lowest BCUT2D eigenvalue weighted by molar-refractivity contribution is 0.0602. The maximum atomic E-state index is 12.2. The van der Waals surface area contributed by atoms with Gasteiger partial charge in [0.15, 0.2) is 0 Å². The molecule has 1 N–H and O–H groups in total. The van der Waals surface area contributed by atoms with Crippen LogP contribution in [-0.4, -0.2) is 26.3 Å². The minimum absolute atomic E-state index is 0.269. The molecule has 0 aliphatic heterocycles. The lowest BCUT2D eigenvalue weighted by Gasteiger charge is -2.11. The number of amides is 1. The van der Waals surface area contributed by atoms with Crippen molar-refractivity contribution in [1.29, 1.82) is 0 Å². The first kappa shape index (κ1) is 14.8. The fourth-order valence-electron chi connectivity index (χ4n) is 1.92. The van der Waals surface area contributed by atoms with Gasteiger partial charge in [0.05, 0.1) is 18.4 Å². The number of ether oxygens (including phenoxy) is 1. The number of carbonyl (C=O) groups excluding carboxylic acids is 2. The summed E-state index contributed by atoms with van der Waals surface area (Å²) in [5, 5.41) is 2.76. The standard InChI is InChI=1S/C16H15BNO3/c1-17-12-8-9-13(16(20)21-2)14(10-12)18-15(19)11-6-4-3-5-7-11/h3-10H,1-2H3,(H,18,19). The fourth-order valence-corrected chi connectivity index (χ4v) is 1.92. The number of carbonyl (C=O) groups is 2. The third kappa shape index (κ3) is 3.51. The topological polar surface area (TPSA) is 55.4 Å². The largest absolute Gasteiger partial charge is 0.465 e. The first-order valence-electron chi connectivity index (χ1n) is 6.54. The van der Waals surface area contributed by atoms with E-state index in [-0.39, 0.29) is 5.91 Å². The molecule has 0 aromatic heterocycles. The van der Waals surface area contributed by atoms with Crippen LogP contribution in [0, 0.1) is 0 Å². The molecule has 2 aromatic carbocycles. The number of anilines is 1. The van der Waals surface area contributed by atoms with Crippen molar-refractivity contribution in [1.82, 2.24) is 0 Å². The second kappa shape index (κ2) is 6.75. The molecule has 0 fully saturated rings. The van der Waals surface area contributed by atoms with Crippen LogP contribution in [0.5, 0.6) is 0 Å². The summed E-state index contributed by atoms with van der Waals surface area (Å²) >= 11 is 0. The summed E-state index contributed by atoms with van der Waals surface area (Å²) in [6, 6.07) is 14.0. The van der Waals surface area contributed by atoms with Gasteiger partial charge in [-0.3, -0.25) is 4.79 Å². The zero-order valence-electron chi connectivity index (χ0n) is 11.9. The third-order valence-corrected chi connectivity index (χ3v) is 3.07. The van der Waals surface area contributed by atoms with E-state index < -0.39 is 5.97 Å². The van der Waals surface area contributed by atoms with Crippen molar-refractivity contribution in [3.63, 3.8) is 0 Å². The molecule has 1 radical (unpaired) electrons. The van der Waals surface area contributed by atoms with E-state index >= 15 is 0 Å². The van der Waals surface area contributed by atoms with E-state index in [1.807, 2.05) is 20.2 Å². The Balaban J connectivity index is 2.33. The smallest absolute Gasteiger partial charge is 0.339 e. The summed E-state index contributed by atoms with van der Waals surface area (Å²) in [7, 11) is 3.20. The Morgan fingerprint density at radius 1 is 1.10 bits per heavy atom. The van der Waals surface area contributed by atoms with Crippen molar-refractivity contribution >= 4 is 30.3 Å². The lowest BCUT2D eigenvalue weighted by Crippen LogP contribution is -2.19. The van der Waals surface area contributed by atoms with Crippen LogP contribution in [-0.2, 0) is 4.74 Å². The highest BCUT2D eigenvalue weighted by atomic mass is 16.5. The molecule has 0 spiro atoms. The molecule has 4 nitrogen and oxygen atoms in total.